The molecule has 0 saturated heterocycles. The van der Waals surface area contributed by atoms with Crippen molar-refractivity contribution in [1.29, 1.82) is 0 Å². The van der Waals surface area contributed by atoms with Crippen molar-refractivity contribution in [2.24, 2.45) is 0 Å². The van der Waals surface area contributed by atoms with E-state index in [4.69, 9.17) is 27.9 Å². The van der Waals surface area contributed by atoms with E-state index in [0.717, 1.165) is 11.6 Å². The Labute approximate surface area is 209 Å². The van der Waals surface area contributed by atoms with Gasteiger partial charge in [0.15, 0.2) is 6.61 Å². The van der Waals surface area contributed by atoms with Crippen LogP contribution in [0.4, 0.5) is 24.5 Å². The van der Waals surface area contributed by atoms with Gasteiger partial charge in [-0.15, -0.1) is 0 Å². The predicted octanol–water partition coefficient (Wildman–Crippen LogP) is 5.78. The fourth-order valence-corrected chi connectivity index (χ4v) is 5.66. The highest BCUT2D eigenvalue weighted by Crippen LogP contribution is 2.37. The highest BCUT2D eigenvalue weighted by molar-refractivity contribution is 7.92. The van der Waals surface area contributed by atoms with Gasteiger partial charge in [-0.3, -0.25) is 9.10 Å². The molecular weight excluding hydrogens is 528 g/mol. The number of alkyl halides is 3. The maximum Gasteiger partial charge on any atom is 0.417 e. The molecule has 3 aromatic carbocycles. The van der Waals surface area contributed by atoms with Crippen LogP contribution in [0.15, 0.2) is 65.6 Å². The van der Waals surface area contributed by atoms with Gasteiger partial charge in [0.05, 0.1) is 26.2 Å². The number of fused-ring (bicyclic) bond motifs is 1. The molecule has 3 aromatic rings. The van der Waals surface area contributed by atoms with Gasteiger partial charge >= 0.3 is 6.18 Å². The van der Waals surface area contributed by atoms with Crippen LogP contribution >= 0.6 is 23.2 Å². The van der Waals surface area contributed by atoms with Crippen LogP contribution in [0, 0.1) is 0 Å². The van der Waals surface area contributed by atoms with Crippen LogP contribution in [0.3, 0.4) is 0 Å². The number of ether oxygens (including phenoxy) is 1. The number of carbonyl (C=O) groups excluding carboxylic acids is 1. The number of carbonyl (C=O) groups is 1. The van der Waals surface area contributed by atoms with Crippen molar-refractivity contribution >= 4 is 50.5 Å². The second kappa shape index (κ2) is 9.60. The summed E-state index contributed by atoms with van der Waals surface area (Å²) in [6.07, 6.45) is -4.08. The van der Waals surface area contributed by atoms with Crippen LogP contribution in [-0.2, 0) is 27.4 Å². The van der Waals surface area contributed by atoms with Gasteiger partial charge in [-0.25, -0.2) is 8.42 Å². The molecule has 1 aliphatic rings. The Morgan fingerprint density at radius 1 is 1.03 bits per heavy atom. The lowest BCUT2D eigenvalue weighted by molar-refractivity contribution is -0.137. The number of para-hydroxylation sites is 1. The smallest absolute Gasteiger partial charge is 0.417 e. The summed E-state index contributed by atoms with van der Waals surface area (Å²) in [5.41, 5.74) is 0.333. The van der Waals surface area contributed by atoms with Crippen LogP contribution in [0.1, 0.15) is 11.1 Å². The van der Waals surface area contributed by atoms with Crippen LogP contribution in [0.2, 0.25) is 10.0 Å². The zero-order valence-electron chi connectivity index (χ0n) is 17.8. The average molecular weight is 545 g/mol. The summed E-state index contributed by atoms with van der Waals surface area (Å²) in [4.78, 5) is 12.1. The third-order valence-corrected chi connectivity index (χ3v) is 7.68. The molecule has 0 saturated carbocycles. The van der Waals surface area contributed by atoms with E-state index in [1.54, 1.807) is 12.1 Å². The molecule has 12 heteroatoms. The lowest BCUT2D eigenvalue weighted by atomic mass is 10.2. The average Bonchev–Trinajstić information content (AvgIpc) is 3.24. The number of hydrogen-bond acceptors (Lipinski definition) is 4. The van der Waals surface area contributed by atoms with Crippen molar-refractivity contribution in [3.63, 3.8) is 0 Å². The van der Waals surface area contributed by atoms with Gasteiger partial charge in [-0.1, -0.05) is 41.4 Å². The van der Waals surface area contributed by atoms with Crippen LogP contribution < -0.4 is 14.4 Å². The monoisotopic (exact) mass is 544 g/mol. The molecule has 0 fully saturated rings. The first kappa shape index (κ1) is 25.2. The number of anilines is 2. The molecular formula is C23H17Cl2F3N2O4S. The van der Waals surface area contributed by atoms with Crippen LogP contribution in [0.5, 0.6) is 5.75 Å². The first-order valence-corrected chi connectivity index (χ1v) is 12.4. The van der Waals surface area contributed by atoms with Crippen molar-refractivity contribution in [3.8, 4) is 5.75 Å². The first-order valence-electron chi connectivity index (χ1n) is 10.2. The van der Waals surface area contributed by atoms with E-state index in [2.05, 4.69) is 5.32 Å². The van der Waals surface area contributed by atoms with E-state index < -0.39 is 39.3 Å². The topological polar surface area (TPSA) is 75.7 Å². The van der Waals surface area contributed by atoms with Crippen molar-refractivity contribution in [1.82, 2.24) is 0 Å². The minimum Gasteiger partial charge on any atom is -0.482 e. The Kier molecular flexibility index (Phi) is 6.90. The molecule has 35 heavy (non-hydrogen) atoms. The van der Waals surface area contributed by atoms with Gasteiger partial charge in [0.25, 0.3) is 15.9 Å². The number of rotatable bonds is 6. The third-order valence-electron chi connectivity index (χ3n) is 5.25. The highest BCUT2D eigenvalue weighted by Gasteiger charge is 2.34. The Hall–Kier alpha value is -2.95. The maximum absolute atomic E-state index is 13.1. The quantitative estimate of drug-likeness (QED) is 0.426. The predicted molar refractivity (Wildman–Crippen MR) is 127 cm³/mol. The summed E-state index contributed by atoms with van der Waals surface area (Å²) in [5.74, 6) is -0.712. The van der Waals surface area contributed by atoms with Crippen molar-refractivity contribution in [2.75, 3.05) is 22.8 Å². The van der Waals surface area contributed by atoms with Gasteiger partial charge in [-0.2, -0.15) is 13.2 Å². The van der Waals surface area contributed by atoms with E-state index in [1.807, 2.05) is 12.1 Å². The minimum absolute atomic E-state index is 0.0367. The standard InChI is InChI=1S/C23H17Cl2F3N2O4S/c24-18-7-5-15(11-17(18)23(26,27)28)29-22(31)13-34-21-8-6-16(12-19(21)25)35(32,33)30-10-9-14-3-1-2-4-20(14)30/h1-8,11-12H,9-10,13H2,(H,29,31). The van der Waals surface area contributed by atoms with Crippen molar-refractivity contribution in [3.05, 3.63) is 81.8 Å². The molecule has 6 nitrogen and oxygen atoms in total. The zero-order chi connectivity index (χ0) is 25.4. The van der Waals surface area contributed by atoms with Crippen molar-refractivity contribution in [2.45, 2.75) is 17.5 Å². The molecule has 1 heterocycles. The van der Waals surface area contributed by atoms with E-state index in [9.17, 15) is 26.4 Å². The normalized spacial score (nSPS) is 13.5. The Balaban J connectivity index is 1.43. The lowest BCUT2D eigenvalue weighted by Crippen LogP contribution is -2.29. The van der Waals surface area contributed by atoms with E-state index in [0.29, 0.717) is 24.7 Å². The molecule has 1 N–H and O–H groups in total. The summed E-state index contributed by atoms with van der Waals surface area (Å²) in [7, 11) is -3.87. The molecule has 1 amide bonds. The van der Waals surface area contributed by atoms with Gasteiger partial charge in [0.1, 0.15) is 5.75 Å². The number of nitrogens with one attached hydrogen (secondary N) is 1. The SMILES string of the molecule is O=C(COc1ccc(S(=O)(=O)N2CCc3ccccc32)cc1Cl)Nc1ccc(Cl)c(C(F)(F)F)c1. The van der Waals surface area contributed by atoms with Gasteiger partial charge in [-0.05, 0) is 54.4 Å². The van der Waals surface area contributed by atoms with Crippen molar-refractivity contribution < 1.29 is 31.1 Å². The molecule has 0 bridgehead atoms. The lowest BCUT2D eigenvalue weighted by Gasteiger charge is -2.20. The zero-order valence-corrected chi connectivity index (χ0v) is 20.1. The van der Waals surface area contributed by atoms with E-state index in [1.165, 1.54) is 28.6 Å². The highest BCUT2D eigenvalue weighted by atomic mass is 35.5. The second-order valence-electron chi connectivity index (χ2n) is 7.58. The molecule has 1 aliphatic heterocycles. The summed E-state index contributed by atoms with van der Waals surface area (Å²) in [6, 6.07) is 14.0. The van der Waals surface area contributed by atoms with E-state index in [-0.39, 0.29) is 21.4 Å². The summed E-state index contributed by atoms with van der Waals surface area (Å²) in [6.45, 7) is -0.270. The summed E-state index contributed by atoms with van der Waals surface area (Å²) >= 11 is 11.8. The molecule has 4 rings (SSSR count). The first-order chi connectivity index (χ1) is 16.5. The summed E-state index contributed by atoms with van der Waals surface area (Å²) in [5, 5.41) is 1.75. The number of sulfonamides is 1. The molecule has 0 atom stereocenters. The summed E-state index contributed by atoms with van der Waals surface area (Å²) < 4.78 is 71.9. The fourth-order valence-electron chi connectivity index (χ4n) is 3.60. The number of hydrogen-bond donors (Lipinski definition) is 1. The molecule has 184 valence electrons. The minimum atomic E-state index is -4.68. The molecule has 0 radical (unpaired) electrons. The second-order valence-corrected chi connectivity index (χ2v) is 10.3. The van der Waals surface area contributed by atoms with Crippen LogP contribution in [0.25, 0.3) is 0 Å². The van der Waals surface area contributed by atoms with E-state index >= 15 is 0 Å². The van der Waals surface area contributed by atoms with Crippen LogP contribution in [-0.4, -0.2) is 27.5 Å². The number of halogens is 5. The number of benzene rings is 3. The molecule has 0 unspecified atom stereocenters. The molecule has 0 spiro atoms. The molecule has 0 aliphatic carbocycles. The maximum atomic E-state index is 13.1. The Morgan fingerprint density at radius 3 is 2.49 bits per heavy atom. The third kappa shape index (κ3) is 5.34. The molecule has 0 aromatic heterocycles. The Morgan fingerprint density at radius 2 is 1.77 bits per heavy atom. The largest absolute Gasteiger partial charge is 0.482 e. The fraction of sp³-hybridized carbons (Fsp3) is 0.174. The van der Waals surface area contributed by atoms with Gasteiger partial charge in [0, 0.05) is 12.2 Å². The van der Waals surface area contributed by atoms with Gasteiger partial charge < -0.3 is 10.1 Å². The van der Waals surface area contributed by atoms with Gasteiger partial charge in [0.2, 0.25) is 0 Å². The Bertz CT molecular complexity index is 1400. The number of amides is 1. The number of nitrogens with zero attached hydrogens (tertiary/aromatic N) is 1.